The third-order valence-corrected chi connectivity index (χ3v) is 4.88. The Morgan fingerprint density at radius 2 is 2.12 bits per heavy atom. The predicted octanol–water partition coefficient (Wildman–Crippen LogP) is 1.29. The molecule has 0 aromatic heterocycles. The van der Waals surface area contributed by atoms with Gasteiger partial charge in [-0.3, -0.25) is 4.79 Å². The topological polar surface area (TPSA) is 41.1 Å². The second-order valence-electron chi connectivity index (χ2n) is 5.99. The molecule has 3 nitrogen and oxygen atoms in total. The molecule has 3 aliphatic rings. The second kappa shape index (κ2) is 4.02. The Labute approximate surface area is 97.4 Å². The van der Waals surface area contributed by atoms with Crippen LogP contribution in [0.4, 0.5) is 0 Å². The van der Waals surface area contributed by atoms with Gasteiger partial charge in [0, 0.05) is 6.04 Å². The van der Waals surface area contributed by atoms with Crippen LogP contribution in [0.2, 0.25) is 0 Å². The monoisotopic (exact) mass is 222 g/mol. The van der Waals surface area contributed by atoms with Crippen LogP contribution in [0, 0.1) is 17.8 Å². The molecule has 1 heterocycles. The van der Waals surface area contributed by atoms with Gasteiger partial charge >= 0.3 is 0 Å². The van der Waals surface area contributed by atoms with Crippen LogP contribution in [0.25, 0.3) is 0 Å². The molecule has 3 rings (SSSR count). The van der Waals surface area contributed by atoms with Crippen molar-refractivity contribution in [2.75, 3.05) is 6.54 Å². The maximum atomic E-state index is 12.1. The summed E-state index contributed by atoms with van der Waals surface area (Å²) in [4.78, 5) is 12.1. The minimum absolute atomic E-state index is 0.0686. The molecule has 16 heavy (non-hydrogen) atoms. The van der Waals surface area contributed by atoms with Gasteiger partial charge in [-0.25, -0.2) is 0 Å². The van der Waals surface area contributed by atoms with E-state index in [1.165, 1.54) is 25.7 Å². The molecule has 0 aromatic carbocycles. The van der Waals surface area contributed by atoms with E-state index in [0.717, 1.165) is 24.8 Å². The van der Waals surface area contributed by atoms with Crippen LogP contribution in [0.1, 0.15) is 39.0 Å². The normalized spacial score (nSPS) is 46.2. The highest BCUT2D eigenvalue weighted by atomic mass is 16.2. The molecule has 1 saturated heterocycles. The van der Waals surface area contributed by atoms with Gasteiger partial charge in [-0.05, 0) is 50.0 Å². The Balaban J connectivity index is 1.56. The number of carbonyl (C=O) groups is 1. The van der Waals surface area contributed by atoms with E-state index in [9.17, 15) is 4.79 Å². The molecule has 2 saturated carbocycles. The summed E-state index contributed by atoms with van der Waals surface area (Å²) in [5.41, 5.74) is 0. The maximum Gasteiger partial charge on any atom is 0.237 e. The van der Waals surface area contributed by atoms with E-state index in [1.807, 2.05) is 0 Å². The number of fused-ring (bicyclic) bond motifs is 2. The SMILES string of the molecule is CC1CCNC1C(=O)NC1CC2CCC1C2. The molecule has 1 amide bonds. The minimum Gasteiger partial charge on any atom is -0.352 e. The second-order valence-corrected chi connectivity index (χ2v) is 5.99. The molecule has 2 N–H and O–H groups in total. The number of amides is 1. The average molecular weight is 222 g/mol. The first-order chi connectivity index (χ1) is 7.74. The Morgan fingerprint density at radius 3 is 2.69 bits per heavy atom. The molecule has 0 aromatic rings. The third-order valence-electron chi connectivity index (χ3n) is 4.88. The summed E-state index contributed by atoms with van der Waals surface area (Å²) in [6, 6.07) is 0.556. The number of hydrogen-bond acceptors (Lipinski definition) is 2. The van der Waals surface area contributed by atoms with Gasteiger partial charge in [0.1, 0.15) is 0 Å². The fourth-order valence-corrected chi connectivity index (χ4v) is 3.88. The van der Waals surface area contributed by atoms with E-state index in [1.54, 1.807) is 0 Å². The molecule has 90 valence electrons. The number of nitrogens with one attached hydrogen (secondary N) is 2. The van der Waals surface area contributed by atoms with Crippen molar-refractivity contribution in [3.63, 3.8) is 0 Å². The van der Waals surface area contributed by atoms with Gasteiger partial charge in [-0.2, -0.15) is 0 Å². The van der Waals surface area contributed by atoms with Crippen LogP contribution in [-0.2, 0) is 4.79 Å². The van der Waals surface area contributed by atoms with E-state index in [4.69, 9.17) is 0 Å². The summed E-state index contributed by atoms with van der Waals surface area (Å²) in [7, 11) is 0. The standard InChI is InChI=1S/C13H22N2O/c1-8-4-5-14-12(8)13(16)15-11-7-9-2-3-10(11)6-9/h8-12,14H,2-7H2,1H3,(H,15,16). The largest absolute Gasteiger partial charge is 0.352 e. The molecule has 5 unspecified atom stereocenters. The first kappa shape index (κ1) is 10.6. The molecule has 2 bridgehead atoms. The van der Waals surface area contributed by atoms with Crippen LogP contribution in [0.15, 0.2) is 0 Å². The summed E-state index contributed by atoms with van der Waals surface area (Å²) in [5, 5.41) is 6.59. The average Bonchev–Trinajstić information content (AvgIpc) is 2.92. The van der Waals surface area contributed by atoms with Gasteiger partial charge in [0.25, 0.3) is 0 Å². The lowest BCUT2D eigenvalue weighted by molar-refractivity contribution is -0.124. The van der Waals surface area contributed by atoms with E-state index < -0.39 is 0 Å². The molecule has 3 heteroatoms. The van der Waals surface area contributed by atoms with Crippen molar-refractivity contribution in [3.05, 3.63) is 0 Å². The summed E-state index contributed by atoms with van der Waals surface area (Å²) in [6.45, 7) is 3.17. The molecule has 2 aliphatic carbocycles. The highest BCUT2D eigenvalue weighted by Crippen LogP contribution is 2.44. The van der Waals surface area contributed by atoms with Crippen LogP contribution in [-0.4, -0.2) is 24.5 Å². The van der Waals surface area contributed by atoms with Crippen molar-refractivity contribution in [1.29, 1.82) is 0 Å². The van der Waals surface area contributed by atoms with Crippen molar-refractivity contribution in [2.45, 2.75) is 51.1 Å². The molecular weight excluding hydrogens is 200 g/mol. The number of carbonyl (C=O) groups excluding carboxylic acids is 1. The third kappa shape index (κ3) is 1.75. The molecule has 0 spiro atoms. The van der Waals surface area contributed by atoms with Crippen molar-refractivity contribution < 1.29 is 4.79 Å². The zero-order valence-corrected chi connectivity index (χ0v) is 10.0. The van der Waals surface area contributed by atoms with Gasteiger partial charge in [0.15, 0.2) is 0 Å². The van der Waals surface area contributed by atoms with Gasteiger partial charge in [0.05, 0.1) is 6.04 Å². The molecule has 1 aliphatic heterocycles. The Bertz CT molecular complexity index is 292. The van der Waals surface area contributed by atoms with E-state index in [2.05, 4.69) is 17.6 Å². The number of rotatable bonds is 2. The van der Waals surface area contributed by atoms with Crippen molar-refractivity contribution in [3.8, 4) is 0 Å². The highest BCUT2D eigenvalue weighted by molar-refractivity contribution is 5.82. The smallest absolute Gasteiger partial charge is 0.237 e. The predicted molar refractivity (Wildman–Crippen MR) is 63.0 cm³/mol. The molecular formula is C13H22N2O. The molecule has 5 atom stereocenters. The lowest BCUT2D eigenvalue weighted by Crippen LogP contribution is -2.48. The van der Waals surface area contributed by atoms with E-state index >= 15 is 0 Å². The van der Waals surface area contributed by atoms with Crippen LogP contribution in [0.5, 0.6) is 0 Å². The molecule has 0 radical (unpaired) electrons. The first-order valence-corrected chi connectivity index (χ1v) is 6.78. The minimum atomic E-state index is 0.0686. The zero-order chi connectivity index (χ0) is 11.1. The summed E-state index contributed by atoms with van der Waals surface area (Å²) in [6.07, 6.45) is 6.46. The van der Waals surface area contributed by atoms with Gasteiger partial charge < -0.3 is 10.6 Å². The van der Waals surface area contributed by atoms with E-state index in [-0.39, 0.29) is 11.9 Å². The van der Waals surface area contributed by atoms with Crippen LogP contribution in [0.3, 0.4) is 0 Å². The lowest BCUT2D eigenvalue weighted by Gasteiger charge is -2.25. The van der Waals surface area contributed by atoms with Crippen molar-refractivity contribution in [2.24, 2.45) is 17.8 Å². The number of hydrogen-bond donors (Lipinski definition) is 2. The quantitative estimate of drug-likeness (QED) is 0.739. The van der Waals surface area contributed by atoms with Gasteiger partial charge in [0.2, 0.25) is 5.91 Å². The van der Waals surface area contributed by atoms with Crippen LogP contribution < -0.4 is 10.6 Å². The Hall–Kier alpha value is -0.570. The first-order valence-electron chi connectivity index (χ1n) is 6.78. The van der Waals surface area contributed by atoms with Gasteiger partial charge in [-0.15, -0.1) is 0 Å². The Kier molecular flexibility index (Phi) is 2.66. The van der Waals surface area contributed by atoms with Gasteiger partial charge in [-0.1, -0.05) is 13.3 Å². The fourth-order valence-electron chi connectivity index (χ4n) is 3.88. The summed E-state index contributed by atoms with van der Waals surface area (Å²) >= 11 is 0. The lowest BCUT2D eigenvalue weighted by atomic mass is 9.94. The summed E-state index contributed by atoms with van der Waals surface area (Å²) < 4.78 is 0. The van der Waals surface area contributed by atoms with Crippen LogP contribution >= 0.6 is 0 Å². The Morgan fingerprint density at radius 1 is 1.25 bits per heavy atom. The maximum absolute atomic E-state index is 12.1. The van der Waals surface area contributed by atoms with E-state index in [0.29, 0.717) is 12.0 Å². The van der Waals surface area contributed by atoms with Crippen molar-refractivity contribution >= 4 is 5.91 Å². The molecule has 3 fully saturated rings. The zero-order valence-electron chi connectivity index (χ0n) is 10.0. The fraction of sp³-hybridized carbons (Fsp3) is 0.923. The van der Waals surface area contributed by atoms with Crippen molar-refractivity contribution in [1.82, 2.24) is 10.6 Å². The highest BCUT2D eigenvalue weighted by Gasteiger charge is 2.41. The summed E-state index contributed by atoms with van der Waals surface area (Å²) in [5.74, 6) is 2.44.